The van der Waals surface area contributed by atoms with E-state index in [1.165, 1.54) is 0 Å². The molecule has 1 aromatic rings. The molecule has 4 nitrogen and oxygen atoms in total. The van der Waals surface area contributed by atoms with Crippen molar-refractivity contribution in [3.05, 3.63) is 22.9 Å². The summed E-state index contributed by atoms with van der Waals surface area (Å²) in [5.41, 5.74) is 8.43. The number of ether oxygens (including phenoxy) is 1. The van der Waals surface area contributed by atoms with E-state index in [0.717, 1.165) is 36.8 Å². The van der Waals surface area contributed by atoms with Crippen LogP contribution in [0.1, 0.15) is 41.3 Å². The first-order valence-electron chi connectivity index (χ1n) is 5.67. The van der Waals surface area contributed by atoms with Crippen LogP contribution in [-0.4, -0.2) is 17.6 Å². The summed E-state index contributed by atoms with van der Waals surface area (Å²) >= 11 is 0. The number of nitrogen functional groups attached to an aromatic ring is 1. The number of aryl methyl sites for hydroxylation is 1. The van der Waals surface area contributed by atoms with Gasteiger partial charge in [0.05, 0.1) is 6.61 Å². The van der Waals surface area contributed by atoms with Gasteiger partial charge in [-0.15, -0.1) is 0 Å². The third-order valence-electron chi connectivity index (χ3n) is 2.91. The molecule has 1 aromatic heterocycles. The molecule has 86 valence electrons. The summed E-state index contributed by atoms with van der Waals surface area (Å²) in [6, 6.07) is 0. The molecule has 16 heavy (non-hydrogen) atoms. The van der Waals surface area contributed by atoms with E-state index in [1.54, 1.807) is 13.1 Å². The Balaban J connectivity index is 2.45. The zero-order valence-corrected chi connectivity index (χ0v) is 9.45. The number of hydrogen-bond donors (Lipinski definition) is 1. The highest BCUT2D eigenvalue weighted by Gasteiger charge is 2.22. The Hall–Kier alpha value is -1.58. The summed E-state index contributed by atoms with van der Waals surface area (Å²) in [6.45, 7) is 2.15. The Morgan fingerprint density at radius 2 is 2.25 bits per heavy atom. The monoisotopic (exact) mass is 220 g/mol. The lowest BCUT2D eigenvalue weighted by molar-refractivity contribution is 0.0525. The van der Waals surface area contributed by atoms with Gasteiger partial charge in [-0.25, -0.2) is 9.78 Å². The number of pyridine rings is 1. The Bertz CT molecular complexity index is 416. The number of esters is 1. The first-order chi connectivity index (χ1) is 7.74. The van der Waals surface area contributed by atoms with Gasteiger partial charge in [0.15, 0.2) is 0 Å². The molecule has 0 aliphatic heterocycles. The van der Waals surface area contributed by atoms with Gasteiger partial charge in [-0.1, -0.05) is 0 Å². The van der Waals surface area contributed by atoms with Crippen LogP contribution in [0.15, 0.2) is 6.20 Å². The van der Waals surface area contributed by atoms with Gasteiger partial charge >= 0.3 is 5.97 Å². The topological polar surface area (TPSA) is 65.2 Å². The van der Waals surface area contributed by atoms with Crippen LogP contribution in [0.2, 0.25) is 0 Å². The lowest BCUT2D eigenvalue weighted by Gasteiger charge is -2.19. The van der Waals surface area contributed by atoms with Crippen LogP contribution in [0.5, 0.6) is 0 Å². The van der Waals surface area contributed by atoms with Gasteiger partial charge in [0, 0.05) is 6.20 Å². The van der Waals surface area contributed by atoms with Gasteiger partial charge < -0.3 is 10.5 Å². The first kappa shape index (κ1) is 10.9. The second kappa shape index (κ2) is 4.51. The molecule has 0 unspecified atom stereocenters. The molecule has 1 aliphatic rings. The van der Waals surface area contributed by atoms with Crippen LogP contribution in [0.4, 0.5) is 5.82 Å². The SMILES string of the molecule is CCOC(=O)c1c(N)ncc2c1CCCC2. The fourth-order valence-electron chi connectivity index (χ4n) is 2.15. The Kier molecular flexibility index (Phi) is 3.08. The Morgan fingerprint density at radius 3 is 3.00 bits per heavy atom. The lowest BCUT2D eigenvalue weighted by atomic mass is 9.90. The van der Waals surface area contributed by atoms with E-state index in [4.69, 9.17) is 10.5 Å². The summed E-state index contributed by atoms with van der Waals surface area (Å²) < 4.78 is 5.02. The highest BCUT2D eigenvalue weighted by molar-refractivity contribution is 5.96. The molecule has 0 radical (unpaired) electrons. The van der Waals surface area contributed by atoms with Crippen molar-refractivity contribution in [3.63, 3.8) is 0 Å². The van der Waals surface area contributed by atoms with Crippen LogP contribution in [0.3, 0.4) is 0 Å². The molecule has 0 aromatic carbocycles. The molecule has 0 saturated carbocycles. The van der Waals surface area contributed by atoms with E-state index >= 15 is 0 Å². The van der Waals surface area contributed by atoms with Crippen molar-refractivity contribution in [1.29, 1.82) is 0 Å². The van der Waals surface area contributed by atoms with E-state index in [9.17, 15) is 4.79 Å². The summed E-state index contributed by atoms with van der Waals surface area (Å²) in [5.74, 6) is -0.0506. The minimum atomic E-state index is -0.341. The number of nitrogens with zero attached hydrogens (tertiary/aromatic N) is 1. The Morgan fingerprint density at radius 1 is 1.50 bits per heavy atom. The lowest BCUT2D eigenvalue weighted by Crippen LogP contribution is -2.16. The number of carbonyl (C=O) groups is 1. The van der Waals surface area contributed by atoms with Crippen molar-refractivity contribution in [2.24, 2.45) is 0 Å². The second-order valence-corrected chi connectivity index (χ2v) is 3.95. The quantitative estimate of drug-likeness (QED) is 0.771. The average molecular weight is 220 g/mol. The largest absolute Gasteiger partial charge is 0.462 e. The molecule has 2 rings (SSSR count). The molecule has 0 saturated heterocycles. The van der Waals surface area contributed by atoms with Gasteiger partial charge in [-0.3, -0.25) is 0 Å². The minimum Gasteiger partial charge on any atom is -0.462 e. The number of fused-ring (bicyclic) bond motifs is 1. The fraction of sp³-hybridized carbons (Fsp3) is 0.500. The number of hydrogen-bond acceptors (Lipinski definition) is 4. The third-order valence-corrected chi connectivity index (χ3v) is 2.91. The third kappa shape index (κ3) is 1.87. The van der Waals surface area contributed by atoms with Crippen LogP contribution < -0.4 is 5.73 Å². The number of aromatic nitrogens is 1. The van der Waals surface area contributed by atoms with Gasteiger partial charge in [0.25, 0.3) is 0 Å². The van der Waals surface area contributed by atoms with E-state index in [1.807, 2.05) is 0 Å². The summed E-state index contributed by atoms with van der Waals surface area (Å²) in [5, 5.41) is 0. The molecule has 2 N–H and O–H groups in total. The maximum atomic E-state index is 11.8. The predicted molar refractivity (Wildman–Crippen MR) is 61.2 cm³/mol. The van der Waals surface area contributed by atoms with Crippen LogP contribution in [0, 0.1) is 0 Å². The van der Waals surface area contributed by atoms with Crippen molar-refractivity contribution in [3.8, 4) is 0 Å². The summed E-state index contributed by atoms with van der Waals surface area (Å²) in [7, 11) is 0. The standard InChI is InChI=1S/C12H16N2O2/c1-2-16-12(15)10-9-6-4-3-5-8(9)7-14-11(10)13/h7H,2-6H2,1H3,(H2,13,14). The molecular formula is C12H16N2O2. The minimum absolute atomic E-state index is 0.291. The molecule has 4 heteroatoms. The summed E-state index contributed by atoms with van der Waals surface area (Å²) in [6.07, 6.45) is 5.92. The van der Waals surface area contributed by atoms with Gasteiger partial charge in [0.1, 0.15) is 11.4 Å². The van der Waals surface area contributed by atoms with E-state index in [2.05, 4.69) is 4.98 Å². The zero-order chi connectivity index (χ0) is 11.5. The molecule has 0 fully saturated rings. The fourth-order valence-corrected chi connectivity index (χ4v) is 2.15. The van der Waals surface area contributed by atoms with Crippen LogP contribution in [0.25, 0.3) is 0 Å². The molecule has 0 atom stereocenters. The second-order valence-electron chi connectivity index (χ2n) is 3.95. The molecule has 0 amide bonds. The Labute approximate surface area is 94.8 Å². The zero-order valence-electron chi connectivity index (χ0n) is 9.45. The van der Waals surface area contributed by atoms with E-state index in [-0.39, 0.29) is 5.97 Å². The average Bonchev–Trinajstić information content (AvgIpc) is 2.29. The number of anilines is 1. The van der Waals surface area contributed by atoms with E-state index in [0.29, 0.717) is 18.0 Å². The van der Waals surface area contributed by atoms with Crippen molar-refractivity contribution in [1.82, 2.24) is 4.98 Å². The molecular weight excluding hydrogens is 204 g/mol. The number of nitrogens with two attached hydrogens (primary N) is 1. The van der Waals surface area contributed by atoms with Crippen LogP contribution in [-0.2, 0) is 17.6 Å². The maximum absolute atomic E-state index is 11.8. The van der Waals surface area contributed by atoms with Crippen molar-refractivity contribution >= 4 is 11.8 Å². The van der Waals surface area contributed by atoms with Gasteiger partial charge in [-0.05, 0) is 43.7 Å². The molecule has 0 bridgehead atoms. The van der Waals surface area contributed by atoms with Crippen molar-refractivity contribution in [2.45, 2.75) is 32.6 Å². The first-order valence-corrected chi connectivity index (χ1v) is 5.67. The van der Waals surface area contributed by atoms with Crippen molar-refractivity contribution < 1.29 is 9.53 Å². The van der Waals surface area contributed by atoms with Gasteiger partial charge in [0.2, 0.25) is 0 Å². The molecule has 0 spiro atoms. The summed E-state index contributed by atoms with van der Waals surface area (Å²) in [4.78, 5) is 15.9. The number of carbonyl (C=O) groups excluding carboxylic acids is 1. The highest BCUT2D eigenvalue weighted by Crippen LogP contribution is 2.27. The molecule has 1 heterocycles. The number of rotatable bonds is 2. The smallest absolute Gasteiger partial charge is 0.342 e. The highest BCUT2D eigenvalue weighted by atomic mass is 16.5. The van der Waals surface area contributed by atoms with Crippen LogP contribution >= 0.6 is 0 Å². The maximum Gasteiger partial charge on any atom is 0.342 e. The molecule has 1 aliphatic carbocycles. The van der Waals surface area contributed by atoms with Gasteiger partial charge in [-0.2, -0.15) is 0 Å². The van der Waals surface area contributed by atoms with E-state index < -0.39 is 0 Å². The predicted octanol–water partition coefficient (Wildman–Crippen LogP) is 1.72. The normalized spacial score (nSPS) is 14.3. The van der Waals surface area contributed by atoms with Crippen molar-refractivity contribution in [2.75, 3.05) is 12.3 Å².